The highest BCUT2D eigenvalue weighted by molar-refractivity contribution is 5.97. The van der Waals surface area contributed by atoms with Crippen molar-refractivity contribution < 1.29 is 13.9 Å². The van der Waals surface area contributed by atoms with Crippen molar-refractivity contribution in [1.29, 1.82) is 0 Å². The van der Waals surface area contributed by atoms with E-state index >= 15 is 0 Å². The predicted octanol–water partition coefficient (Wildman–Crippen LogP) is 3.24. The van der Waals surface area contributed by atoms with E-state index in [1.807, 2.05) is 4.90 Å². The van der Waals surface area contributed by atoms with Gasteiger partial charge < -0.3 is 15.0 Å². The van der Waals surface area contributed by atoms with E-state index in [1.54, 1.807) is 31.3 Å². The molecule has 1 aromatic heterocycles. The van der Waals surface area contributed by atoms with Gasteiger partial charge in [0.05, 0.1) is 12.2 Å². The van der Waals surface area contributed by atoms with Crippen LogP contribution in [-0.2, 0) is 10.2 Å². The Balaban J connectivity index is 1.59. The average molecular weight is 413 g/mol. The van der Waals surface area contributed by atoms with E-state index < -0.39 is 5.82 Å². The fraction of sp³-hybridized carbons (Fsp3) is 0.478. The number of hydrogen-bond acceptors (Lipinski definition) is 5. The number of aryl methyl sites for hydroxylation is 1. The SMILES string of the molecule is Cc1cccc(F)c1Oc1cc2c(cn1)C(C)(C)CN2C(=O)CN1CCN[C@H](C)C1. The topological polar surface area (TPSA) is 57.7 Å². The van der Waals surface area contributed by atoms with E-state index in [0.717, 1.165) is 30.9 Å². The van der Waals surface area contributed by atoms with Crippen LogP contribution in [0.3, 0.4) is 0 Å². The van der Waals surface area contributed by atoms with Crippen molar-refractivity contribution in [1.82, 2.24) is 15.2 Å². The van der Waals surface area contributed by atoms with E-state index in [2.05, 4.69) is 36.0 Å². The lowest BCUT2D eigenvalue weighted by atomic mass is 9.88. The van der Waals surface area contributed by atoms with Crippen molar-refractivity contribution in [3.8, 4) is 11.6 Å². The van der Waals surface area contributed by atoms with Crippen LogP contribution in [-0.4, -0.2) is 54.6 Å². The standard InChI is InChI=1S/C23H29FN4O2/c1-15-6-5-7-18(24)22(15)30-20-10-19-17(11-26-20)23(3,4)14-28(19)21(29)13-27-9-8-25-16(2)12-27/h5-7,10-11,16,25H,8-9,12-14H2,1-4H3/t16-/m1/s1. The van der Waals surface area contributed by atoms with Gasteiger partial charge in [0.1, 0.15) is 0 Å². The van der Waals surface area contributed by atoms with E-state index in [1.165, 1.54) is 6.07 Å². The van der Waals surface area contributed by atoms with Gasteiger partial charge in [0.15, 0.2) is 11.6 Å². The molecule has 6 nitrogen and oxygen atoms in total. The van der Waals surface area contributed by atoms with Crippen LogP contribution in [0, 0.1) is 12.7 Å². The van der Waals surface area contributed by atoms with Crippen molar-refractivity contribution in [2.75, 3.05) is 37.6 Å². The molecule has 30 heavy (non-hydrogen) atoms. The summed E-state index contributed by atoms with van der Waals surface area (Å²) in [5.74, 6) is 0.0802. The Hall–Kier alpha value is -2.51. The molecule has 0 bridgehead atoms. The van der Waals surface area contributed by atoms with Gasteiger partial charge in [-0.25, -0.2) is 9.37 Å². The van der Waals surface area contributed by atoms with Crippen molar-refractivity contribution in [2.24, 2.45) is 0 Å². The number of nitrogens with zero attached hydrogens (tertiary/aromatic N) is 3. The molecule has 7 heteroatoms. The van der Waals surface area contributed by atoms with Crippen LogP contribution in [0.2, 0.25) is 0 Å². The molecular weight excluding hydrogens is 383 g/mol. The summed E-state index contributed by atoms with van der Waals surface area (Å²) in [5.41, 5.74) is 2.29. The number of nitrogens with one attached hydrogen (secondary N) is 1. The molecule has 0 spiro atoms. The molecule has 2 aromatic rings. The Morgan fingerprint density at radius 3 is 2.93 bits per heavy atom. The lowest BCUT2D eigenvalue weighted by Crippen LogP contribution is -2.52. The van der Waals surface area contributed by atoms with Crippen molar-refractivity contribution >= 4 is 11.6 Å². The molecule has 1 atom stereocenters. The van der Waals surface area contributed by atoms with E-state index in [4.69, 9.17) is 4.74 Å². The number of fused-ring (bicyclic) bond motifs is 1. The van der Waals surface area contributed by atoms with Gasteiger partial charge in [-0.15, -0.1) is 0 Å². The number of amides is 1. The third-order valence-corrected chi connectivity index (χ3v) is 5.91. The molecule has 0 unspecified atom stereocenters. The number of hydrogen-bond donors (Lipinski definition) is 1. The Bertz CT molecular complexity index is 942. The number of anilines is 1. The van der Waals surface area contributed by atoms with Gasteiger partial charge in [0.2, 0.25) is 11.8 Å². The summed E-state index contributed by atoms with van der Waals surface area (Å²) in [6.45, 7) is 11.7. The maximum Gasteiger partial charge on any atom is 0.241 e. The smallest absolute Gasteiger partial charge is 0.241 e. The Morgan fingerprint density at radius 1 is 1.40 bits per heavy atom. The third-order valence-electron chi connectivity index (χ3n) is 5.91. The lowest BCUT2D eigenvalue weighted by molar-refractivity contribution is -0.120. The largest absolute Gasteiger partial charge is 0.436 e. The number of benzene rings is 1. The Kier molecular flexibility index (Phi) is 5.51. The first-order valence-corrected chi connectivity index (χ1v) is 10.4. The van der Waals surface area contributed by atoms with Crippen LogP contribution in [0.15, 0.2) is 30.5 Å². The first-order valence-electron chi connectivity index (χ1n) is 10.4. The van der Waals surface area contributed by atoms with Gasteiger partial charge in [-0.1, -0.05) is 26.0 Å². The zero-order chi connectivity index (χ0) is 21.5. The number of aromatic nitrogens is 1. The van der Waals surface area contributed by atoms with Gasteiger partial charge in [-0.05, 0) is 25.5 Å². The normalized spacial score (nSPS) is 20.8. The first-order chi connectivity index (χ1) is 14.2. The van der Waals surface area contributed by atoms with E-state index in [0.29, 0.717) is 24.7 Å². The summed E-state index contributed by atoms with van der Waals surface area (Å²) in [5, 5.41) is 3.40. The molecule has 1 N–H and O–H groups in total. The molecule has 0 radical (unpaired) electrons. The molecule has 160 valence electrons. The van der Waals surface area contributed by atoms with Crippen LogP contribution in [0.1, 0.15) is 31.9 Å². The van der Waals surface area contributed by atoms with Gasteiger partial charge >= 0.3 is 0 Å². The second-order valence-electron chi connectivity index (χ2n) is 8.98. The van der Waals surface area contributed by atoms with Crippen molar-refractivity contribution in [2.45, 2.75) is 39.2 Å². The molecule has 1 fully saturated rings. The van der Waals surface area contributed by atoms with Gasteiger partial charge in [0.25, 0.3) is 0 Å². The molecule has 1 amide bonds. The second kappa shape index (κ2) is 7.96. The molecule has 0 saturated carbocycles. The average Bonchev–Trinajstić information content (AvgIpc) is 2.96. The monoisotopic (exact) mass is 412 g/mol. The number of carbonyl (C=O) groups is 1. The van der Waals surface area contributed by atoms with Crippen LogP contribution in [0.5, 0.6) is 11.6 Å². The minimum absolute atomic E-state index is 0.0650. The summed E-state index contributed by atoms with van der Waals surface area (Å²) in [6, 6.07) is 6.94. The highest BCUT2D eigenvalue weighted by Crippen LogP contribution is 2.42. The van der Waals surface area contributed by atoms with Crippen molar-refractivity contribution in [3.05, 3.63) is 47.4 Å². The summed E-state index contributed by atoms with van der Waals surface area (Å²) >= 11 is 0. The van der Waals surface area contributed by atoms with E-state index in [-0.39, 0.29) is 23.0 Å². The molecule has 1 saturated heterocycles. The van der Waals surface area contributed by atoms with Crippen molar-refractivity contribution in [3.63, 3.8) is 0 Å². The number of halogens is 1. The Labute approximate surface area is 177 Å². The molecule has 1 aromatic carbocycles. The quantitative estimate of drug-likeness (QED) is 0.836. The molecule has 2 aliphatic rings. The van der Waals surface area contributed by atoms with Gasteiger partial charge in [-0.2, -0.15) is 0 Å². The Morgan fingerprint density at radius 2 is 2.20 bits per heavy atom. The molecule has 4 rings (SSSR count). The van der Waals surface area contributed by atoms with Crippen LogP contribution >= 0.6 is 0 Å². The number of carbonyl (C=O) groups excluding carboxylic acids is 1. The summed E-state index contributed by atoms with van der Waals surface area (Å²) < 4.78 is 20.0. The highest BCUT2D eigenvalue weighted by atomic mass is 19.1. The molecule has 2 aliphatic heterocycles. The summed E-state index contributed by atoms with van der Waals surface area (Å²) in [6.07, 6.45) is 1.75. The van der Waals surface area contributed by atoms with Crippen LogP contribution in [0.25, 0.3) is 0 Å². The number of piperazine rings is 1. The van der Waals surface area contributed by atoms with Gasteiger partial charge in [-0.3, -0.25) is 9.69 Å². The predicted molar refractivity (Wildman–Crippen MR) is 115 cm³/mol. The molecular formula is C23H29FN4O2. The van der Waals surface area contributed by atoms with E-state index in [9.17, 15) is 9.18 Å². The minimum Gasteiger partial charge on any atom is -0.436 e. The summed E-state index contributed by atoms with van der Waals surface area (Å²) in [7, 11) is 0. The number of para-hydroxylation sites is 1. The zero-order valence-corrected chi connectivity index (χ0v) is 18.0. The molecule has 3 heterocycles. The maximum atomic E-state index is 14.2. The van der Waals surface area contributed by atoms with Gasteiger partial charge in [0, 0.05) is 55.5 Å². The second-order valence-corrected chi connectivity index (χ2v) is 8.98. The first kappa shape index (κ1) is 20.8. The lowest BCUT2D eigenvalue weighted by Gasteiger charge is -2.32. The van der Waals surface area contributed by atoms with Crippen LogP contribution < -0.4 is 15.0 Å². The summed E-state index contributed by atoms with van der Waals surface area (Å²) in [4.78, 5) is 21.6. The number of rotatable bonds is 4. The fourth-order valence-corrected chi connectivity index (χ4v) is 4.30. The highest BCUT2D eigenvalue weighted by Gasteiger charge is 2.39. The zero-order valence-electron chi connectivity index (χ0n) is 18.0. The third kappa shape index (κ3) is 4.04. The number of pyridine rings is 1. The fourth-order valence-electron chi connectivity index (χ4n) is 4.30. The van der Waals surface area contributed by atoms with Crippen LogP contribution in [0.4, 0.5) is 10.1 Å². The molecule has 0 aliphatic carbocycles. The maximum absolute atomic E-state index is 14.2. The number of ether oxygens (including phenoxy) is 1. The minimum atomic E-state index is -0.432.